The van der Waals surface area contributed by atoms with E-state index >= 15 is 0 Å². The van der Waals surface area contributed by atoms with E-state index in [4.69, 9.17) is 4.74 Å². The maximum absolute atomic E-state index is 12.8. The molecule has 8 heteroatoms. The highest BCUT2D eigenvalue weighted by molar-refractivity contribution is 7.13. The number of methoxy groups -OCH3 is 1. The molecule has 0 unspecified atom stereocenters. The Hall–Kier alpha value is -3.26. The lowest BCUT2D eigenvalue weighted by atomic mass is 9.97. The smallest absolute Gasteiger partial charge is 0.337 e. The number of carbonyl (C=O) groups is 2. The van der Waals surface area contributed by atoms with Gasteiger partial charge in [0.15, 0.2) is 5.82 Å². The fourth-order valence-electron chi connectivity index (χ4n) is 3.50. The van der Waals surface area contributed by atoms with Gasteiger partial charge in [-0.2, -0.15) is 0 Å². The van der Waals surface area contributed by atoms with Crippen LogP contribution in [0.4, 0.5) is 11.5 Å². The SMILES string of the molecule is COC(=O)c1ccc(NC(=O)[C@H]2CCCN(c3ccc(-c4cccs4)nn3)C2)cc1. The fraction of sp³-hybridized carbons (Fsp3) is 0.273. The van der Waals surface area contributed by atoms with Crippen LogP contribution in [0.25, 0.3) is 10.6 Å². The molecule has 154 valence electrons. The van der Waals surface area contributed by atoms with Crippen LogP contribution in [0.3, 0.4) is 0 Å². The van der Waals surface area contributed by atoms with Crippen LogP contribution in [0.5, 0.6) is 0 Å². The van der Waals surface area contributed by atoms with Gasteiger partial charge in [-0.25, -0.2) is 4.79 Å². The van der Waals surface area contributed by atoms with E-state index in [2.05, 4.69) is 20.4 Å². The number of nitrogens with zero attached hydrogens (tertiary/aromatic N) is 3. The van der Waals surface area contributed by atoms with Crippen LogP contribution in [0, 0.1) is 5.92 Å². The molecule has 1 saturated heterocycles. The molecule has 0 spiro atoms. The summed E-state index contributed by atoms with van der Waals surface area (Å²) in [6.45, 7) is 1.45. The minimum absolute atomic E-state index is 0.0336. The molecule has 0 bridgehead atoms. The summed E-state index contributed by atoms with van der Waals surface area (Å²) < 4.78 is 4.69. The lowest BCUT2D eigenvalue weighted by molar-refractivity contribution is -0.120. The average molecular weight is 423 g/mol. The molecule has 3 heterocycles. The molecule has 7 nitrogen and oxygen atoms in total. The molecule has 1 N–H and O–H groups in total. The highest BCUT2D eigenvalue weighted by Gasteiger charge is 2.27. The molecule has 1 aromatic carbocycles. The molecule has 30 heavy (non-hydrogen) atoms. The number of amides is 1. The molecule has 4 rings (SSSR count). The van der Waals surface area contributed by atoms with Crippen molar-refractivity contribution in [1.29, 1.82) is 0 Å². The number of carbonyl (C=O) groups excluding carboxylic acids is 2. The first-order chi connectivity index (χ1) is 14.6. The van der Waals surface area contributed by atoms with Gasteiger partial charge in [0.2, 0.25) is 5.91 Å². The maximum Gasteiger partial charge on any atom is 0.337 e. The predicted octanol–water partition coefficient (Wildman–Crippen LogP) is 3.85. The van der Waals surface area contributed by atoms with Crippen LogP contribution in [-0.4, -0.2) is 42.3 Å². The molecule has 1 atom stereocenters. The summed E-state index contributed by atoms with van der Waals surface area (Å²) in [6, 6.07) is 14.6. The number of ether oxygens (including phenoxy) is 1. The number of nitrogens with one attached hydrogen (secondary N) is 1. The van der Waals surface area contributed by atoms with Crippen molar-refractivity contribution in [2.45, 2.75) is 12.8 Å². The van der Waals surface area contributed by atoms with Gasteiger partial charge in [0, 0.05) is 18.8 Å². The van der Waals surface area contributed by atoms with E-state index in [0.29, 0.717) is 17.8 Å². The summed E-state index contributed by atoms with van der Waals surface area (Å²) in [4.78, 5) is 27.5. The number of esters is 1. The van der Waals surface area contributed by atoms with Crippen LogP contribution in [-0.2, 0) is 9.53 Å². The largest absolute Gasteiger partial charge is 0.465 e. The molecule has 1 amide bonds. The van der Waals surface area contributed by atoms with Crippen LogP contribution >= 0.6 is 11.3 Å². The third kappa shape index (κ3) is 4.49. The summed E-state index contributed by atoms with van der Waals surface area (Å²) in [7, 11) is 1.34. The highest BCUT2D eigenvalue weighted by Crippen LogP contribution is 2.26. The molecule has 1 fully saturated rings. The topological polar surface area (TPSA) is 84.4 Å². The van der Waals surface area contributed by atoms with E-state index in [0.717, 1.165) is 35.8 Å². The summed E-state index contributed by atoms with van der Waals surface area (Å²) in [5.74, 6) is 0.212. The Labute approximate surface area is 178 Å². The third-order valence-corrected chi connectivity index (χ3v) is 6.01. The van der Waals surface area contributed by atoms with Gasteiger partial charge in [0.05, 0.1) is 23.5 Å². The van der Waals surface area contributed by atoms with Gasteiger partial charge in [0.25, 0.3) is 0 Å². The number of hydrogen-bond donors (Lipinski definition) is 1. The molecule has 3 aromatic rings. The minimum Gasteiger partial charge on any atom is -0.465 e. The Balaban J connectivity index is 1.38. The van der Waals surface area contributed by atoms with Gasteiger partial charge in [-0.15, -0.1) is 21.5 Å². The van der Waals surface area contributed by atoms with Crippen molar-refractivity contribution < 1.29 is 14.3 Å². The molecule has 0 saturated carbocycles. The van der Waals surface area contributed by atoms with Crippen molar-refractivity contribution in [3.05, 3.63) is 59.5 Å². The standard InChI is InChI=1S/C22H22N4O3S/c1-29-22(28)15-6-8-17(9-7-15)23-21(27)16-4-2-12-26(14-16)20-11-10-18(24-25-20)19-5-3-13-30-19/h3,5-11,13,16H,2,4,12,14H2,1H3,(H,23,27)/t16-/m0/s1. The van der Waals surface area contributed by atoms with E-state index in [-0.39, 0.29) is 11.8 Å². The Kier molecular flexibility index (Phi) is 6.04. The number of anilines is 2. The number of piperidine rings is 1. The molecule has 1 aliphatic rings. The monoisotopic (exact) mass is 422 g/mol. The zero-order valence-electron chi connectivity index (χ0n) is 16.6. The van der Waals surface area contributed by atoms with Crippen LogP contribution < -0.4 is 10.2 Å². The predicted molar refractivity (Wildman–Crippen MR) is 117 cm³/mol. The summed E-state index contributed by atoms with van der Waals surface area (Å²) in [5.41, 5.74) is 1.96. The highest BCUT2D eigenvalue weighted by atomic mass is 32.1. The van der Waals surface area contributed by atoms with Crippen molar-refractivity contribution in [2.75, 3.05) is 30.4 Å². The van der Waals surface area contributed by atoms with Crippen LogP contribution in [0.2, 0.25) is 0 Å². The van der Waals surface area contributed by atoms with E-state index in [1.165, 1.54) is 7.11 Å². The van der Waals surface area contributed by atoms with Crippen molar-refractivity contribution >= 4 is 34.7 Å². The van der Waals surface area contributed by atoms with Crippen molar-refractivity contribution in [2.24, 2.45) is 5.92 Å². The number of thiophene rings is 1. The first-order valence-corrected chi connectivity index (χ1v) is 10.6. The van der Waals surface area contributed by atoms with Gasteiger partial charge in [-0.05, 0) is 60.7 Å². The number of rotatable bonds is 5. The van der Waals surface area contributed by atoms with E-state index in [1.807, 2.05) is 29.6 Å². The van der Waals surface area contributed by atoms with Gasteiger partial charge >= 0.3 is 5.97 Å². The van der Waals surface area contributed by atoms with Crippen molar-refractivity contribution in [3.8, 4) is 10.6 Å². The molecular weight excluding hydrogens is 400 g/mol. The van der Waals surface area contributed by atoms with E-state index in [1.54, 1.807) is 35.6 Å². The van der Waals surface area contributed by atoms with Gasteiger partial charge in [-0.1, -0.05) is 6.07 Å². The number of hydrogen-bond acceptors (Lipinski definition) is 7. The lowest BCUT2D eigenvalue weighted by Gasteiger charge is -2.32. The summed E-state index contributed by atoms with van der Waals surface area (Å²) in [5, 5.41) is 13.7. The molecule has 1 aliphatic heterocycles. The lowest BCUT2D eigenvalue weighted by Crippen LogP contribution is -2.41. The zero-order valence-corrected chi connectivity index (χ0v) is 17.4. The summed E-state index contributed by atoms with van der Waals surface area (Å²) in [6.07, 6.45) is 1.73. The minimum atomic E-state index is -0.401. The molecule has 0 radical (unpaired) electrons. The van der Waals surface area contributed by atoms with E-state index < -0.39 is 5.97 Å². The molecule has 0 aliphatic carbocycles. The Bertz CT molecular complexity index is 1000. The Morgan fingerprint density at radius 3 is 2.63 bits per heavy atom. The van der Waals surface area contributed by atoms with Gasteiger partial charge in [-0.3, -0.25) is 4.79 Å². The molecular formula is C22H22N4O3S. The Morgan fingerprint density at radius 1 is 1.13 bits per heavy atom. The van der Waals surface area contributed by atoms with Crippen LogP contribution in [0.15, 0.2) is 53.9 Å². The van der Waals surface area contributed by atoms with Crippen LogP contribution in [0.1, 0.15) is 23.2 Å². The Morgan fingerprint density at radius 2 is 1.97 bits per heavy atom. The maximum atomic E-state index is 12.8. The van der Waals surface area contributed by atoms with Gasteiger partial charge < -0.3 is 15.0 Å². The zero-order chi connectivity index (χ0) is 20.9. The third-order valence-electron chi connectivity index (χ3n) is 5.11. The number of benzene rings is 1. The fourth-order valence-corrected chi connectivity index (χ4v) is 4.19. The first kappa shape index (κ1) is 20.0. The normalized spacial score (nSPS) is 16.2. The van der Waals surface area contributed by atoms with Crippen molar-refractivity contribution in [3.63, 3.8) is 0 Å². The first-order valence-electron chi connectivity index (χ1n) is 9.76. The van der Waals surface area contributed by atoms with Gasteiger partial charge in [0.1, 0.15) is 5.69 Å². The quantitative estimate of drug-likeness (QED) is 0.629. The van der Waals surface area contributed by atoms with Crippen molar-refractivity contribution in [1.82, 2.24) is 10.2 Å². The average Bonchev–Trinajstić information content (AvgIpc) is 3.34. The second-order valence-electron chi connectivity index (χ2n) is 7.10. The molecule has 2 aromatic heterocycles. The number of aromatic nitrogens is 2. The van der Waals surface area contributed by atoms with E-state index in [9.17, 15) is 9.59 Å². The second-order valence-corrected chi connectivity index (χ2v) is 8.05. The summed E-state index contributed by atoms with van der Waals surface area (Å²) >= 11 is 1.63. The second kappa shape index (κ2) is 9.04.